The van der Waals surface area contributed by atoms with Crippen LogP contribution in [0.5, 0.6) is 0 Å². The van der Waals surface area contributed by atoms with Crippen molar-refractivity contribution in [3.63, 3.8) is 0 Å². The normalized spacial score (nSPS) is 11.6. The Bertz CT molecular complexity index is 1200. The van der Waals surface area contributed by atoms with E-state index in [9.17, 15) is 18.0 Å². The summed E-state index contributed by atoms with van der Waals surface area (Å²) in [6, 6.07) is 16.6. The number of hydrogen-bond donors (Lipinski definition) is 1. The monoisotopic (exact) mass is 415 g/mol. The number of fused-ring (bicyclic) bond motifs is 1. The van der Waals surface area contributed by atoms with E-state index in [0.717, 1.165) is 12.1 Å². The van der Waals surface area contributed by atoms with Crippen molar-refractivity contribution in [3.8, 4) is 5.69 Å². The zero-order chi connectivity index (χ0) is 20.6. The van der Waals surface area contributed by atoms with Gasteiger partial charge in [0, 0.05) is 5.39 Å². The summed E-state index contributed by atoms with van der Waals surface area (Å²) in [5.41, 5.74) is 1.24. The van der Waals surface area contributed by atoms with Gasteiger partial charge in [0.1, 0.15) is 0 Å². The summed E-state index contributed by atoms with van der Waals surface area (Å²) in [5, 5.41) is 8.06. The number of nitrogens with one attached hydrogen (secondary N) is 1. The van der Waals surface area contributed by atoms with Crippen LogP contribution < -0.4 is 5.32 Å². The van der Waals surface area contributed by atoms with Gasteiger partial charge in [0.2, 0.25) is 0 Å². The lowest BCUT2D eigenvalue weighted by molar-refractivity contribution is -0.137. The second kappa shape index (κ2) is 7.25. The van der Waals surface area contributed by atoms with Crippen molar-refractivity contribution in [2.75, 3.05) is 5.32 Å². The van der Waals surface area contributed by atoms with Crippen LogP contribution in [0.3, 0.4) is 0 Å². The van der Waals surface area contributed by atoms with E-state index in [1.807, 2.05) is 0 Å². The quantitative estimate of drug-likeness (QED) is 0.449. The molecule has 0 saturated carbocycles. The van der Waals surface area contributed by atoms with Crippen LogP contribution in [0.15, 0.2) is 72.9 Å². The first kappa shape index (κ1) is 19.0. The van der Waals surface area contributed by atoms with Crippen LogP contribution in [0, 0.1) is 0 Å². The molecule has 4 nitrogen and oxygen atoms in total. The molecule has 4 aromatic rings. The van der Waals surface area contributed by atoms with E-state index in [2.05, 4.69) is 10.4 Å². The van der Waals surface area contributed by atoms with Gasteiger partial charge in [-0.3, -0.25) is 4.79 Å². The second-order valence-electron chi connectivity index (χ2n) is 6.27. The summed E-state index contributed by atoms with van der Waals surface area (Å²) in [4.78, 5) is 12.6. The molecule has 0 radical (unpaired) electrons. The molecule has 0 fully saturated rings. The van der Waals surface area contributed by atoms with Crippen LogP contribution in [0.1, 0.15) is 15.9 Å². The number of carbonyl (C=O) groups excluding carboxylic acids is 1. The zero-order valence-electron chi connectivity index (χ0n) is 14.7. The Kier molecular flexibility index (Phi) is 4.76. The minimum atomic E-state index is -4.40. The first-order chi connectivity index (χ1) is 13.8. The zero-order valence-corrected chi connectivity index (χ0v) is 15.5. The molecule has 29 heavy (non-hydrogen) atoms. The number of hydrogen-bond acceptors (Lipinski definition) is 2. The van der Waals surface area contributed by atoms with Crippen molar-refractivity contribution in [1.29, 1.82) is 0 Å². The number of alkyl halides is 3. The van der Waals surface area contributed by atoms with Gasteiger partial charge in [0.25, 0.3) is 5.91 Å². The Morgan fingerprint density at radius 1 is 0.966 bits per heavy atom. The average Bonchev–Trinajstić information content (AvgIpc) is 3.13. The van der Waals surface area contributed by atoms with Crippen molar-refractivity contribution in [1.82, 2.24) is 9.78 Å². The molecule has 1 amide bonds. The third kappa shape index (κ3) is 3.69. The number of amides is 1. The molecule has 4 rings (SSSR count). The summed E-state index contributed by atoms with van der Waals surface area (Å²) in [6.07, 6.45) is -2.85. The number of aromatic nitrogens is 2. The third-order valence-corrected chi connectivity index (χ3v) is 4.75. The Labute approximate surface area is 168 Å². The molecule has 0 aliphatic carbocycles. The molecule has 3 aromatic carbocycles. The second-order valence-corrected chi connectivity index (χ2v) is 6.68. The molecule has 146 valence electrons. The predicted molar refractivity (Wildman–Crippen MR) is 105 cm³/mol. The standard InChI is InChI=1S/C21H13ClF3N3O/c22-17-5-2-1-4-15(17)20(29)27-18-6-3-7-19-16(18)12-26-28(19)14-10-8-13(9-11-14)21(23,24)25/h1-12H,(H,27,29). The number of anilines is 1. The molecular formula is C21H13ClF3N3O. The summed E-state index contributed by atoms with van der Waals surface area (Å²) in [7, 11) is 0. The van der Waals surface area contributed by atoms with Gasteiger partial charge >= 0.3 is 6.18 Å². The van der Waals surface area contributed by atoms with Crippen LogP contribution in [-0.2, 0) is 6.18 Å². The van der Waals surface area contributed by atoms with E-state index in [1.54, 1.807) is 48.7 Å². The van der Waals surface area contributed by atoms with Gasteiger partial charge in [-0.2, -0.15) is 18.3 Å². The third-order valence-electron chi connectivity index (χ3n) is 4.42. The van der Waals surface area contributed by atoms with E-state index < -0.39 is 11.7 Å². The van der Waals surface area contributed by atoms with Gasteiger partial charge in [-0.15, -0.1) is 0 Å². The Hall–Kier alpha value is -3.32. The van der Waals surface area contributed by atoms with E-state index in [0.29, 0.717) is 32.9 Å². The summed E-state index contributed by atoms with van der Waals surface area (Å²) >= 11 is 6.08. The molecular weight excluding hydrogens is 403 g/mol. The molecule has 0 saturated heterocycles. The Balaban J connectivity index is 1.69. The van der Waals surface area contributed by atoms with Gasteiger partial charge in [-0.05, 0) is 48.5 Å². The number of rotatable bonds is 3. The van der Waals surface area contributed by atoms with Gasteiger partial charge in [0.05, 0.1) is 39.2 Å². The highest BCUT2D eigenvalue weighted by atomic mass is 35.5. The van der Waals surface area contributed by atoms with Crippen LogP contribution in [0.4, 0.5) is 18.9 Å². The van der Waals surface area contributed by atoms with Gasteiger partial charge in [-0.1, -0.05) is 29.8 Å². The molecule has 0 atom stereocenters. The van der Waals surface area contributed by atoms with Crippen LogP contribution in [-0.4, -0.2) is 15.7 Å². The lowest BCUT2D eigenvalue weighted by Gasteiger charge is -2.10. The lowest BCUT2D eigenvalue weighted by atomic mass is 10.1. The van der Waals surface area contributed by atoms with E-state index >= 15 is 0 Å². The number of halogens is 4. The average molecular weight is 416 g/mol. The maximum absolute atomic E-state index is 12.8. The van der Waals surface area contributed by atoms with E-state index in [4.69, 9.17) is 11.6 Å². The molecule has 1 heterocycles. The van der Waals surface area contributed by atoms with Crippen molar-refractivity contribution in [2.24, 2.45) is 0 Å². The molecule has 0 aliphatic heterocycles. The minimum Gasteiger partial charge on any atom is -0.321 e. The maximum atomic E-state index is 12.8. The van der Waals surface area contributed by atoms with E-state index in [1.165, 1.54) is 16.8 Å². The highest BCUT2D eigenvalue weighted by molar-refractivity contribution is 6.34. The van der Waals surface area contributed by atoms with Crippen LogP contribution in [0.2, 0.25) is 5.02 Å². The Morgan fingerprint density at radius 2 is 1.69 bits per heavy atom. The molecule has 0 unspecified atom stereocenters. The summed E-state index contributed by atoms with van der Waals surface area (Å²) < 4.78 is 39.9. The first-order valence-electron chi connectivity index (χ1n) is 8.55. The van der Waals surface area contributed by atoms with Crippen LogP contribution >= 0.6 is 11.6 Å². The molecule has 0 bridgehead atoms. The predicted octanol–water partition coefficient (Wildman–Crippen LogP) is 5.95. The largest absolute Gasteiger partial charge is 0.416 e. The van der Waals surface area contributed by atoms with Crippen LogP contribution in [0.25, 0.3) is 16.6 Å². The first-order valence-corrected chi connectivity index (χ1v) is 8.92. The Morgan fingerprint density at radius 3 is 2.38 bits per heavy atom. The topological polar surface area (TPSA) is 46.9 Å². The van der Waals surface area contributed by atoms with E-state index in [-0.39, 0.29) is 5.91 Å². The van der Waals surface area contributed by atoms with Crippen molar-refractivity contribution < 1.29 is 18.0 Å². The highest BCUT2D eigenvalue weighted by Gasteiger charge is 2.30. The van der Waals surface area contributed by atoms with Crippen molar-refractivity contribution in [3.05, 3.63) is 89.1 Å². The number of nitrogens with zero attached hydrogens (tertiary/aromatic N) is 2. The number of benzene rings is 3. The number of carbonyl (C=O) groups is 1. The maximum Gasteiger partial charge on any atom is 0.416 e. The fraction of sp³-hybridized carbons (Fsp3) is 0.0476. The lowest BCUT2D eigenvalue weighted by Crippen LogP contribution is -2.12. The van der Waals surface area contributed by atoms with Gasteiger partial charge < -0.3 is 5.32 Å². The summed E-state index contributed by atoms with van der Waals surface area (Å²) in [5.74, 6) is -0.370. The smallest absolute Gasteiger partial charge is 0.321 e. The molecule has 1 N–H and O–H groups in total. The SMILES string of the molecule is O=C(Nc1cccc2c1cnn2-c1ccc(C(F)(F)F)cc1)c1ccccc1Cl. The van der Waals surface area contributed by atoms with Crippen molar-refractivity contribution >= 4 is 34.1 Å². The van der Waals surface area contributed by atoms with Crippen molar-refractivity contribution in [2.45, 2.75) is 6.18 Å². The fourth-order valence-corrected chi connectivity index (χ4v) is 3.21. The molecule has 0 spiro atoms. The minimum absolute atomic E-state index is 0.331. The molecule has 8 heteroatoms. The van der Waals surface area contributed by atoms with Gasteiger partial charge in [0.15, 0.2) is 0 Å². The molecule has 0 aliphatic rings. The highest BCUT2D eigenvalue weighted by Crippen LogP contribution is 2.31. The fourth-order valence-electron chi connectivity index (χ4n) is 2.99. The summed E-state index contributed by atoms with van der Waals surface area (Å²) in [6.45, 7) is 0. The molecule has 1 aromatic heterocycles. The van der Waals surface area contributed by atoms with Gasteiger partial charge in [-0.25, -0.2) is 4.68 Å².